The molecule has 0 aliphatic carbocycles. The number of benzene rings is 1. The average Bonchev–Trinajstić information content (AvgIpc) is 2.77. The highest BCUT2D eigenvalue weighted by atomic mass is 32.1. The predicted molar refractivity (Wildman–Crippen MR) is 84.7 cm³/mol. The predicted octanol–water partition coefficient (Wildman–Crippen LogP) is 3.66. The van der Waals surface area contributed by atoms with Crippen molar-refractivity contribution >= 4 is 11.3 Å². The Bertz CT molecular complexity index is 546. The molecule has 1 aromatic heterocycles. The number of hydrogen-bond donors (Lipinski definition) is 1. The lowest BCUT2D eigenvalue weighted by molar-refractivity contribution is 0.399. The molecule has 4 heteroatoms. The van der Waals surface area contributed by atoms with Crippen molar-refractivity contribution in [2.24, 2.45) is 0 Å². The number of rotatable bonds is 6. The molecule has 2 rings (SSSR count). The van der Waals surface area contributed by atoms with E-state index in [2.05, 4.69) is 43.2 Å². The third kappa shape index (κ3) is 3.38. The van der Waals surface area contributed by atoms with Crippen LogP contribution in [0, 0.1) is 13.8 Å². The highest BCUT2D eigenvalue weighted by molar-refractivity contribution is 7.11. The average molecular weight is 290 g/mol. The third-order valence-electron chi connectivity index (χ3n) is 3.42. The number of para-hydroxylation sites is 1. The van der Waals surface area contributed by atoms with E-state index >= 15 is 0 Å². The quantitative estimate of drug-likeness (QED) is 0.881. The molecule has 1 N–H and O–H groups in total. The summed E-state index contributed by atoms with van der Waals surface area (Å²) in [4.78, 5) is 5.95. The number of likely N-dealkylation sites (N-methyl/N-ethyl adjacent to an activating group) is 1. The second-order valence-electron chi connectivity index (χ2n) is 4.81. The molecule has 108 valence electrons. The molecule has 0 aliphatic rings. The van der Waals surface area contributed by atoms with Gasteiger partial charge in [0.2, 0.25) is 0 Å². The van der Waals surface area contributed by atoms with Crippen molar-refractivity contribution in [3.8, 4) is 5.75 Å². The Labute approximate surface area is 125 Å². The lowest BCUT2D eigenvalue weighted by atomic mass is 10.0. The molecule has 0 spiro atoms. The van der Waals surface area contributed by atoms with Crippen LogP contribution in [-0.4, -0.2) is 18.6 Å². The van der Waals surface area contributed by atoms with Gasteiger partial charge >= 0.3 is 0 Å². The van der Waals surface area contributed by atoms with E-state index in [-0.39, 0.29) is 6.04 Å². The van der Waals surface area contributed by atoms with Gasteiger partial charge in [-0.1, -0.05) is 25.1 Å². The fourth-order valence-corrected chi connectivity index (χ4v) is 3.27. The summed E-state index contributed by atoms with van der Waals surface area (Å²) < 4.78 is 5.48. The first-order valence-corrected chi connectivity index (χ1v) is 7.76. The highest BCUT2D eigenvalue weighted by Gasteiger charge is 2.17. The summed E-state index contributed by atoms with van der Waals surface area (Å²) in [6, 6.07) is 8.43. The van der Waals surface area contributed by atoms with Crippen LogP contribution in [0.15, 0.2) is 24.3 Å². The molecule has 1 atom stereocenters. The molecule has 0 saturated carbocycles. The van der Waals surface area contributed by atoms with Gasteiger partial charge in [-0.25, -0.2) is 4.98 Å². The molecular weight excluding hydrogens is 268 g/mol. The summed E-state index contributed by atoms with van der Waals surface area (Å²) in [5.41, 5.74) is 2.34. The molecule has 3 nitrogen and oxygen atoms in total. The van der Waals surface area contributed by atoms with Crippen molar-refractivity contribution in [1.82, 2.24) is 10.3 Å². The molecule has 0 bridgehead atoms. The highest BCUT2D eigenvalue weighted by Crippen LogP contribution is 2.29. The minimum atomic E-state index is 0.237. The lowest BCUT2D eigenvalue weighted by Gasteiger charge is -2.19. The largest absolute Gasteiger partial charge is 0.496 e. The smallest absolute Gasteiger partial charge is 0.123 e. The van der Waals surface area contributed by atoms with Crippen LogP contribution in [0.25, 0.3) is 0 Å². The Hall–Kier alpha value is -1.39. The van der Waals surface area contributed by atoms with Crippen LogP contribution in [0.1, 0.15) is 34.1 Å². The minimum Gasteiger partial charge on any atom is -0.496 e. The van der Waals surface area contributed by atoms with Crippen LogP contribution in [0.5, 0.6) is 5.75 Å². The summed E-state index contributed by atoms with van der Waals surface area (Å²) >= 11 is 1.78. The SMILES string of the molecule is CCNC(Cc1nc(C)c(C)s1)c1ccccc1OC. The minimum absolute atomic E-state index is 0.237. The van der Waals surface area contributed by atoms with Gasteiger partial charge in [0.15, 0.2) is 0 Å². The second-order valence-corrected chi connectivity index (χ2v) is 6.09. The van der Waals surface area contributed by atoms with Crippen LogP contribution in [0.3, 0.4) is 0 Å². The van der Waals surface area contributed by atoms with E-state index in [0.29, 0.717) is 0 Å². The topological polar surface area (TPSA) is 34.2 Å². The molecule has 1 heterocycles. The number of nitrogens with zero attached hydrogens (tertiary/aromatic N) is 1. The van der Waals surface area contributed by atoms with Crippen molar-refractivity contribution in [1.29, 1.82) is 0 Å². The maximum absolute atomic E-state index is 5.48. The summed E-state index contributed by atoms with van der Waals surface area (Å²) in [6.45, 7) is 7.25. The molecule has 0 saturated heterocycles. The van der Waals surface area contributed by atoms with Gasteiger partial charge < -0.3 is 10.1 Å². The third-order valence-corrected chi connectivity index (χ3v) is 4.51. The van der Waals surface area contributed by atoms with Crippen LogP contribution >= 0.6 is 11.3 Å². The van der Waals surface area contributed by atoms with Gasteiger partial charge in [0, 0.05) is 22.9 Å². The van der Waals surface area contributed by atoms with E-state index in [9.17, 15) is 0 Å². The van der Waals surface area contributed by atoms with Gasteiger partial charge in [0.25, 0.3) is 0 Å². The van der Waals surface area contributed by atoms with Crippen molar-refractivity contribution in [3.05, 3.63) is 45.4 Å². The van der Waals surface area contributed by atoms with Crippen molar-refractivity contribution in [2.75, 3.05) is 13.7 Å². The molecule has 1 aromatic carbocycles. The zero-order valence-corrected chi connectivity index (χ0v) is 13.4. The van der Waals surface area contributed by atoms with Gasteiger partial charge in [-0.2, -0.15) is 0 Å². The first kappa shape index (κ1) is 15.0. The Morgan fingerprint density at radius 2 is 2.05 bits per heavy atom. The Morgan fingerprint density at radius 1 is 1.30 bits per heavy atom. The van der Waals surface area contributed by atoms with Crippen LogP contribution in [0.4, 0.5) is 0 Å². The number of aromatic nitrogens is 1. The maximum atomic E-state index is 5.48. The lowest BCUT2D eigenvalue weighted by Crippen LogP contribution is -2.23. The molecular formula is C16H22N2OS. The number of hydrogen-bond acceptors (Lipinski definition) is 4. The van der Waals surface area contributed by atoms with Crippen LogP contribution in [-0.2, 0) is 6.42 Å². The standard InChI is InChI=1S/C16H22N2OS/c1-5-17-14(10-16-18-11(2)12(3)20-16)13-8-6-7-9-15(13)19-4/h6-9,14,17H,5,10H2,1-4H3. The number of nitrogens with one attached hydrogen (secondary N) is 1. The number of methoxy groups -OCH3 is 1. The van der Waals surface area contributed by atoms with E-state index < -0.39 is 0 Å². The molecule has 1 unspecified atom stereocenters. The van der Waals surface area contributed by atoms with E-state index in [1.807, 2.05) is 12.1 Å². The molecule has 0 radical (unpaired) electrons. The number of thiazole rings is 1. The van der Waals surface area contributed by atoms with Crippen LogP contribution in [0.2, 0.25) is 0 Å². The monoisotopic (exact) mass is 290 g/mol. The zero-order chi connectivity index (χ0) is 14.5. The van der Waals surface area contributed by atoms with Gasteiger partial charge in [-0.15, -0.1) is 11.3 Å². The number of ether oxygens (including phenoxy) is 1. The van der Waals surface area contributed by atoms with Gasteiger partial charge in [-0.05, 0) is 26.5 Å². The molecule has 0 fully saturated rings. The fourth-order valence-electron chi connectivity index (χ4n) is 2.29. The second kappa shape index (κ2) is 6.86. The van der Waals surface area contributed by atoms with Gasteiger partial charge in [0.1, 0.15) is 5.75 Å². The summed E-state index contributed by atoms with van der Waals surface area (Å²) in [6.07, 6.45) is 0.896. The normalized spacial score (nSPS) is 12.4. The fraction of sp³-hybridized carbons (Fsp3) is 0.438. The Morgan fingerprint density at radius 3 is 2.65 bits per heavy atom. The Balaban J connectivity index is 2.26. The molecule has 0 amide bonds. The van der Waals surface area contributed by atoms with E-state index in [1.54, 1.807) is 18.4 Å². The Kier molecular flexibility index (Phi) is 5.15. The van der Waals surface area contributed by atoms with Gasteiger partial charge in [-0.3, -0.25) is 0 Å². The van der Waals surface area contributed by atoms with E-state index in [1.165, 1.54) is 15.4 Å². The van der Waals surface area contributed by atoms with Gasteiger partial charge in [0.05, 0.1) is 17.8 Å². The number of aryl methyl sites for hydroxylation is 2. The maximum Gasteiger partial charge on any atom is 0.123 e. The summed E-state index contributed by atoms with van der Waals surface area (Å²) in [7, 11) is 1.72. The van der Waals surface area contributed by atoms with Crippen molar-refractivity contribution in [3.63, 3.8) is 0 Å². The molecule has 20 heavy (non-hydrogen) atoms. The van der Waals surface area contributed by atoms with E-state index in [0.717, 1.165) is 24.4 Å². The zero-order valence-electron chi connectivity index (χ0n) is 12.6. The van der Waals surface area contributed by atoms with Crippen molar-refractivity contribution in [2.45, 2.75) is 33.2 Å². The summed E-state index contributed by atoms with van der Waals surface area (Å²) in [5.74, 6) is 0.934. The van der Waals surface area contributed by atoms with Crippen molar-refractivity contribution < 1.29 is 4.74 Å². The summed E-state index contributed by atoms with van der Waals surface area (Å²) in [5, 5.41) is 4.72. The molecule has 2 aromatic rings. The van der Waals surface area contributed by atoms with E-state index in [4.69, 9.17) is 4.74 Å². The first-order chi connectivity index (χ1) is 9.65. The molecule has 0 aliphatic heterocycles. The van der Waals surface area contributed by atoms with Crippen LogP contribution < -0.4 is 10.1 Å². The first-order valence-electron chi connectivity index (χ1n) is 6.94.